The van der Waals surface area contributed by atoms with Crippen molar-refractivity contribution in [3.8, 4) is 0 Å². The number of aromatic nitrogens is 2. The quantitative estimate of drug-likeness (QED) is 0.603. The number of nitrogens with one attached hydrogen (secondary N) is 1. The summed E-state index contributed by atoms with van der Waals surface area (Å²) in [5, 5.41) is 3.45. The van der Waals surface area contributed by atoms with Gasteiger partial charge in [-0.25, -0.2) is 4.98 Å². The first-order chi connectivity index (χ1) is 12.5. The number of carbonyl (C=O) groups excluding carboxylic acids is 1. The molecule has 0 saturated heterocycles. The van der Waals surface area contributed by atoms with E-state index in [1.54, 1.807) is 12.3 Å². The van der Waals surface area contributed by atoms with Crippen LogP contribution in [0.25, 0.3) is 15.9 Å². The fourth-order valence-electron chi connectivity index (χ4n) is 2.96. The van der Waals surface area contributed by atoms with Crippen molar-refractivity contribution in [3.05, 3.63) is 81.1 Å². The van der Waals surface area contributed by atoms with Crippen LogP contribution in [0.1, 0.15) is 33.8 Å². The molecule has 0 spiro atoms. The number of hydrogen-bond acceptors (Lipinski definition) is 4. The van der Waals surface area contributed by atoms with Gasteiger partial charge in [0.05, 0.1) is 16.3 Å². The number of thiophene rings is 1. The van der Waals surface area contributed by atoms with Crippen molar-refractivity contribution in [2.24, 2.45) is 0 Å². The van der Waals surface area contributed by atoms with Gasteiger partial charge in [0.15, 0.2) is 0 Å². The summed E-state index contributed by atoms with van der Waals surface area (Å²) in [6, 6.07) is 15.0. The molecule has 6 heteroatoms. The van der Waals surface area contributed by atoms with E-state index in [9.17, 15) is 9.59 Å². The first kappa shape index (κ1) is 16.5. The lowest BCUT2D eigenvalue weighted by Crippen LogP contribution is -2.25. The maximum Gasteiger partial charge on any atom is 0.266 e. The van der Waals surface area contributed by atoms with Crippen LogP contribution in [0.3, 0.4) is 0 Å². The Morgan fingerprint density at radius 3 is 2.73 bits per heavy atom. The van der Waals surface area contributed by atoms with E-state index in [0.29, 0.717) is 20.7 Å². The number of rotatable bonds is 3. The Labute approximate surface area is 153 Å². The van der Waals surface area contributed by atoms with E-state index in [2.05, 4.69) is 10.3 Å². The molecule has 5 nitrogen and oxygen atoms in total. The Kier molecular flexibility index (Phi) is 4.05. The number of benzene rings is 1. The summed E-state index contributed by atoms with van der Waals surface area (Å²) in [5.41, 5.74) is 2.42. The molecule has 0 bridgehead atoms. The molecular weight excluding hydrogens is 346 g/mol. The van der Waals surface area contributed by atoms with Crippen LogP contribution in [-0.4, -0.2) is 15.3 Å². The summed E-state index contributed by atoms with van der Waals surface area (Å²) in [5.74, 6) is -0.200. The topological polar surface area (TPSA) is 63.5 Å². The van der Waals surface area contributed by atoms with Crippen LogP contribution in [0.2, 0.25) is 0 Å². The standard InChI is InChI=1S/C20H17N3O2S/c1-12-7-6-10-23-17(12)22-19-15(20(23)25)11-16(26-19)18(24)21-13(2)14-8-4-3-5-9-14/h3-11,13H,1-2H3,(H,21,24)/t13-/m0/s1. The summed E-state index contributed by atoms with van der Waals surface area (Å²) >= 11 is 1.24. The fraction of sp³-hybridized carbons (Fsp3) is 0.150. The van der Waals surface area contributed by atoms with Gasteiger partial charge in [-0.2, -0.15) is 0 Å². The Bertz CT molecular complexity index is 1180. The van der Waals surface area contributed by atoms with E-state index in [0.717, 1.165) is 11.1 Å². The highest BCUT2D eigenvalue weighted by atomic mass is 32.1. The first-order valence-electron chi connectivity index (χ1n) is 8.32. The van der Waals surface area contributed by atoms with Crippen LogP contribution in [-0.2, 0) is 0 Å². The Balaban J connectivity index is 1.72. The highest BCUT2D eigenvalue weighted by Gasteiger charge is 2.17. The zero-order valence-corrected chi connectivity index (χ0v) is 15.2. The highest BCUT2D eigenvalue weighted by Crippen LogP contribution is 2.23. The van der Waals surface area contributed by atoms with Gasteiger partial charge in [0.2, 0.25) is 0 Å². The summed E-state index contributed by atoms with van der Waals surface area (Å²) < 4.78 is 1.53. The van der Waals surface area contributed by atoms with E-state index in [4.69, 9.17) is 0 Å². The van der Waals surface area contributed by atoms with Crippen LogP contribution in [0.4, 0.5) is 0 Å². The molecule has 3 heterocycles. The molecule has 0 aliphatic carbocycles. The number of fused-ring (bicyclic) bond motifs is 2. The lowest BCUT2D eigenvalue weighted by atomic mass is 10.1. The maximum absolute atomic E-state index is 12.7. The average Bonchev–Trinajstić information content (AvgIpc) is 3.08. The molecule has 0 aliphatic rings. The van der Waals surface area contributed by atoms with Crippen molar-refractivity contribution in [2.75, 3.05) is 0 Å². The van der Waals surface area contributed by atoms with Gasteiger partial charge in [-0.15, -0.1) is 11.3 Å². The zero-order valence-electron chi connectivity index (χ0n) is 14.4. The number of nitrogens with zero attached hydrogens (tertiary/aromatic N) is 2. The SMILES string of the molecule is Cc1cccn2c(=O)c3cc(C(=O)N[C@@H](C)c4ccccc4)sc3nc12. The van der Waals surface area contributed by atoms with Crippen molar-refractivity contribution in [1.82, 2.24) is 14.7 Å². The number of pyridine rings is 1. The predicted octanol–water partition coefficient (Wildman–Crippen LogP) is 3.71. The predicted molar refractivity (Wildman–Crippen MR) is 104 cm³/mol. The second-order valence-electron chi connectivity index (χ2n) is 6.24. The summed E-state index contributed by atoms with van der Waals surface area (Å²) in [6.45, 7) is 3.85. The van der Waals surface area contributed by atoms with Crippen LogP contribution >= 0.6 is 11.3 Å². The molecule has 1 atom stereocenters. The first-order valence-corrected chi connectivity index (χ1v) is 9.13. The third kappa shape index (κ3) is 2.78. The van der Waals surface area contributed by atoms with E-state index in [1.165, 1.54) is 15.7 Å². The average molecular weight is 363 g/mol. The Hall–Kier alpha value is -2.99. The smallest absolute Gasteiger partial charge is 0.266 e. The largest absolute Gasteiger partial charge is 0.345 e. The zero-order chi connectivity index (χ0) is 18.3. The molecule has 0 aliphatic heterocycles. The van der Waals surface area contributed by atoms with Gasteiger partial charge in [0, 0.05) is 6.20 Å². The lowest BCUT2D eigenvalue weighted by Gasteiger charge is -2.13. The van der Waals surface area contributed by atoms with Gasteiger partial charge >= 0.3 is 0 Å². The molecule has 4 aromatic rings. The van der Waals surface area contributed by atoms with Gasteiger partial charge in [-0.1, -0.05) is 36.4 Å². The Morgan fingerprint density at radius 2 is 1.96 bits per heavy atom. The monoisotopic (exact) mass is 363 g/mol. The molecular formula is C20H17N3O2S. The third-order valence-corrected chi connectivity index (χ3v) is 5.43. The molecule has 1 aromatic carbocycles. The normalized spacial score (nSPS) is 12.4. The molecule has 3 aromatic heterocycles. The summed E-state index contributed by atoms with van der Waals surface area (Å²) in [4.78, 5) is 31.0. The third-order valence-electron chi connectivity index (χ3n) is 4.40. The fourth-order valence-corrected chi connectivity index (χ4v) is 3.89. The molecule has 0 unspecified atom stereocenters. The van der Waals surface area contributed by atoms with Crippen LogP contribution in [0.15, 0.2) is 59.5 Å². The molecule has 0 saturated carbocycles. The van der Waals surface area contributed by atoms with Crippen molar-refractivity contribution >= 4 is 33.1 Å². The van der Waals surface area contributed by atoms with Gasteiger partial charge in [0.1, 0.15) is 10.5 Å². The summed E-state index contributed by atoms with van der Waals surface area (Å²) in [6.07, 6.45) is 1.70. The highest BCUT2D eigenvalue weighted by molar-refractivity contribution is 7.20. The van der Waals surface area contributed by atoms with Crippen molar-refractivity contribution < 1.29 is 4.79 Å². The molecule has 0 fully saturated rings. The molecule has 130 valence electrons. The van der Waals surface area contributed by atoms with Gasteiger partial charge in [0.25, 0.3) is 11.5 Å². The number of hydrogen-bond donors (Lipinski definition) is 1. The minimum Gasteiger partial charge on any atom is -0.345 e. The molecule has 4 rings (SSSR count). The van der Waals surface area contributed by atoms with E-state index < -0.39 is 0 Å². The minimum atomic E-state index is -0.200. The number of carbonyl (C=O) groups is 1. The van der Waals surface area contributed by atoms with Crippen LogP contribution in [0.5, 0.6) is 0 Å². The van der Waals surface area contributed by atoms with Crippen molar-refractivity contribution in [3.63, 3.8) is 0 Å². The Morgan fingerprint density at radius 1 is 1.19 bits per heavy atom. The maximum atomic E-state index is 12.7. The molecule has 1 N–H and O–H groups in total. The molecule has 0 radical (unpaired) electrons. The van der Waals surface area contributed by atoms with E-state index in [1.807, 2.05) is 56.3 Å². The van der Waals surface area contributed by atoms with E-state index in [-0.39, 0.29) is 17.5 Å². The minimum absolute atomic E-state index is 0.121. The number of amides is 1. The summed E-state index contributed by atoms with van der Waals surface area (Å²) in [7, 11) is 0. The van der Waals surface area contributed by atoms with Crippen molar-refractivity contribution in [2.45, 2.75) is 19.9 Å². The molecule has 1 amide bonds. The van der Waals surface area contributed by atoms with Gasteiger partial charge in [-0.3, -0.25) is 14.0 Å². The van der Waals surface area contributed by atoms with E-state index >= 15 is 0 Å². The molecule has 26 heavy (non-hydrogen) atoms. The van der Waals surface area contributed by atoms with Crippen LogP contribution < -0.4 is 10.9 Å². The lowest BCUT2D eigenvalue weighted by molar-refractivity contribution is 0.0944. The van der Waals surface area contributed by atoms with Gasteiger partial charge < -0.3 is 5.32 Å². The number of aryl methyl sites for hydroxylation is 1. The second kappa shape index (κ2) is 6.38. The van der Waals surface area contributed by atoms with Crippen molar-refractivity contribution in [1.29, 1.82) is 0 Å². The van der Waals surface area contributed by atoms with Crippen LogP contribution in [0, 0.1) is 6.92 Å². The van der Waals surface area contributed by atoms with Gasteiger partial charge in [-0.05, 0) is 37.1 Å². The second-order valence-corrected chi connectivity index (χ2v) is 7.27.